The third-order valence-electron chi connectivity index (χ3n) is 12.8. The SMILES string of the molecule is CCCCCCc1ccc(-c2cc(C3=CC=C(n4c5ccccc5c5cc(-c6ccc7c(c6)c6ccccc6n7-c6ccccc6)ccc54)CC3)nc(-c3ccccc3)n2)cc1. The predicted molar refractivity (Wildman–Crippen MR) is 261 cm³/mol. The summed E-state index contributed by atoms with van der Waals surface area (Å²) in [5.41, 5.74) is 16.5. The standard InChI is InChI=1S/C58H48N4/c1-2-3-4-7-16-40-25-27-41(28-26-40)52-39-53(60-58(59-52)43-17-8-5-9-18-43)42-29-33-47(34-30-42)62-55-24-15-13-22-49(55)51-38-45(32-36-57(51)62)44-31-35-56-50(37-44)48-21-12-14-23-54(48)61(56)46-19-10-6-11-20-46/h5-6,8-15,17-29,31-33,35-39H,2-4,7,16,30,34H2,1H3. The molecule has 3 heterocycles. The molecule has 0 saturated heterocycles. The van der Waals surface area contributed by atoms with Crippen molar-refractivity contribution in [2.24, 2.45) is 0 Å². The van der Waals surface area contributed by atoms with E-state index >= 15 is 0 Å². The average Bonchev–Trinajstić information content (AvgIpc) is 3.86. The molecule has 300 valence electrons. The van der Waals surface area contributed by atoms with E-state index in [0.29, 0.717) is 0 Å². The maximum Gasteiger partial charge on any atom is 0.160 e. The Kier molecular flexibility index (Phi) is 9.90. The van der Waals surface area contributed by atoms with Gasteiger partial charge in [-0.1, -0.05) is 154 Å². The number of benzene rings is 7. The molecular weight excluding hydrogens is 753 g/mol. The van der Waals surface area contributed by atoms with Gasteiger partial charge in [0.15, 0.2) is 5.82 Å². The van der Waals surface area contributed by atoms with Gasteiger partial charge in [0.05, 0.1) is 33.5 Å². The summed E-state index contributed by atoms with van der Waals surface area (Å²) in [5.74, 6) is 0.761. The second kappa shape index (κ2) is 16.3. The number of hydrogen-bond donors (Lipinski definition) is 0. The number of para-hydroxylation sites is 3. The Morgan fingerprint density at radius 1 is 0.435 bits per heavy atom. The van der Waals surface area contributed by atoms with Crippen LogP contribution in [-0.2, 0) is 6.42 Å². The molecule has 4 heteroatoms. The topological polar surface area (TPSA) is 35.6 Å². The molecule has 0 atom stereocenters. The highest BCUT2D eigenvalue weighted by atomic mass is 15.0. The highest BCUT2D eigenvalue weighted by Crippen LogP contribution is 2.40. The number of aryl methyl sites for hydroxylation is 1. The number of fused-ring (bicyclic) bond motifs is 6. The monoisotopic (exact) mass is 800 g/mol. The van der Waals surface area contributed by atoms with Crippen molar-refractivity contribution < 1.29 is 0 Å². The summed E-state index contributed by atoms with van der Waals surface area (Å²) in [5, 5.41) is 5.05. The molecule has 62 heavy (non-hydrogen) atoms. The van der Waals surface area contributed by atoms with E-state index in [9.17, 15) is 0 Å². The first kappa shape index (κ1) is 37.7. The van der Waals surface area contributed by atoms with Gasteiger partial charge in [-0.3, -0.25) is 0 Å². The van der Waals surface area contributed by atoms with Crippen molar-refractivity contribution >= 4 is 54.9 Å². The summed E-state index contributed by atoms with van der Waals surface area (Å²) < 4.78 is 4.85. The zero-order valence-electron chi connectivity index (χ0n) is 35.1. The van der Waals surface area contributed by atoms with Gasteiger partial charge in [0.1, 0.15) is 0 Å². The lowest BCUT2D eigenvalue weighted by atomic mass is 9.97. The van der Waals surface area contributed by atoms with Gasteiger partial charge in [0, 0.05) is 44.1 Å². The van der Waals surface area contributed by atoms with E-state index < -0.39 is 0 Å². The first-order chi connectivity index (χ1) is 30.7. The Hall–Kier alpha value is -7.30. The van der Waals surface area contributed by atoms with Crippen molar-refractivity contribution in [2.75, 3.05) is 0 Å². The van der Waals surface area contributed by atoms with Crippen LogP contribution in [0.4, 0.5) is 0 Å². The van der Waals surface area contributed by atoms with E-state index in [1.54, 1.807) is 0 Å². The van der Waals surface area contributed by atoms with E-state index in [4.69, 9.17) is 9.97 Å². The first-order valence-corrected chi connectivity index (χ1v) is 22.3. The maximum atomic E-state index is 5.19. The molecule has 10 aromatic rings. The third-order valence-corrected chi connectivity index (χ3v) is 12.8. The fourth-order valence-electron chi connectivity index (χ4n) is 9.57. The number of hydrogen-bond acceptors (Lipinski definition) is 2. The molecule has 7 aromatic carbocycles. The highest BCUT2D eigenvalue weighted by molar-refractivity contribution is 6.13. The molecule has 0 N–H and O–H groups in total. The minimum absolute atomic E-state index is 0.761. The summed E-state index contributed by atoms with van der Waals surface area (Å²) in [6.07, 6.45) is 12.6. The summed E-state index contributed by atoms with van der Waals surface area (Å²) in [6.45, 7) is 2.27. The second-order valence-electron chi connectivity index (χ2n) is 16.7. The van der Waals surface area contributed by atoms with Crippen LogP contribution in [0.3, 0.4) is 0 Å². The molecule has 0 aliphatic heterocycles. The minimum atomic E-state index is 0.761. The van der Waals surface area contributed by atoms with Crippen molar-refractivity contribution in [1.82, 2.24) is 19.1 Å². The second-order valence-corrected chi connectivity index (χ2v) is 16.7. The number of rotatable bonds is 11. The third kappa shape index (κ3) is 6.92. The van der Waals surface area contributed by atoms with Crippen LogP contribution in [0.15, 0.2) is 188 Å². The van der Waals surface area contributed by atoms with E-state index in [0.717, 1.165) is 47.6 Å². The number of unbranched alkanes of at least 4 members (excludes halogenated alkanes) is 3. The average molecular weight is 801 g/mol. The van der Waals surface area contributed by atoms with Gasteiger partial charge in [-0.05, 0) is 109 Å². The largest absolute Gasteiger partial charge is 0.313 e. The number of nitrogens with zero attached hydrogens (tertiary/aromatic N) is 4. The van der Waals surface area contributed by atoms with Gasteiger partial charge >= 0.3 is 0 Å². The molecule has 4 nitrogen and oxygen atoms in total. The fraction of sp³-hybridized carbons (Fsp3) is 0.138. The van der Waals surface area contributed by atoms with Crippen LogP contribution in [0.25, 0.3) is 94.3 Å². The van der Waals surface area contributed by atoms with E-state index in [2.05, 4.69) is 198 Å². The van der Waals surface area contributed by atoms with Crippen LogP contribution in [0.5, 0.6) is 0 Å². The van der Waals surface area contributed by atoms with Crippen molar-refractivity contribution in [3.63, 3.8) is 0 Å². The molecule has 1 aliphatic rings. The van der Waals surface area contributed by atoms with E-state index in [1.165, 1.54) is 103 Å². The lowest BCUT2D eigenvalue weighted by Gasteiger charge is -2.18. The molecule has 11 rings (SSSR count). The zero-order valence-corrected chi connectivity index (χ0v) is 35.1. The highest BCUT2D eigenvalue weighted by Gasteiger charge is 2.20. The van der Waals surface area contributed by atoms with Crippen molar-refractivity contribution in [2.45, 2.75) is 51.9 Å². The summed E-state index contributed by atoms with van der Waals surface area (Å²) in [6, 6.07) is 63.8. The molecule has 0 spiro atoms. The van der Waals surface area contributed by atoms with Gasteiger partial charge in [-0.2, -0.15) is 0 Å². The first-order valence-electron chi connectivity index (χ1n) is 22.3. The Labute approximate surface area is 363 Å². The fourth-order valence-corrected chi connectivity index (χ4v) is 9.57. The molecule has 0 amide bonds. The van der Waals surface area contributed by atoms with Crippen molar-refractivity contribution in [3.8, 4) is 39.5 Å². The van der Waals surface area contributed by atoms with Crippen LogP contribution in [0.1, 0.15) is 56.7 Å². The summed E-state index contributed by atoms with van der Waals surface area (Å²) in [7, 11) is 0. The van der Waals surface area contributed by atoms with Gasteiger partial charge in [0.2, 0.25) is 0 Å². The van der Waals surface area contributed by atoms with Gasteiger partial charge < -0.3 is 9.13 Å². The Bertz CT molecular complexity index is 3310. The predicted octanol–water partition coefficient (Wildman–Crippen LogP) is 15.5. The van der Waals surface area contributed by atoms with Crippen LogP contribution >= 0.6 is 0 Å². The Morgan fingerprint density at radius 3 is 1.68 bits per heavy atom. The minimum Gasteiger partial charge on any atom is -0.313 e. The van der Waals surface area contributed by atoms with Crippen LogP contribution in [0, 0.1) is 0 Å². The maximum absolute atomic E-state index is 5.19. The lowest BCUT2D eigenvalue weighted by molar-refractivity contribution is 0.667. The zero-order chi connectivity index (χ0) is 41.4. The molecule has 0 radical (unpaired) electrons. The van der Waals surface area contributed by atoms with Crippen LogP contribution < -0.4 is 0 Å². The molecule has 3 aromatic heterocycles. The van der Waals surface area contributed by atoms with Crippen LogP contribution in [0.2, 0.25) is 0 Å². The number of aromatic nitrogens is 4. The molecule has 0 unspecified atom stereocenters. The Morgan fingerprint density at radius 2 is 1.02 bits per heavy atom. The van der Waals surface area contributed by atoms with Gasteiger partial charge in [-0.25, -0.2) is 9.97 Å². The van der Waals surface area contributed by atoms with Crippen LogP contribution in [-0.4, -0.2) is 19.1 Å². The molecule has 1 aliphatic carbocycles. The lowest BCUT2D eigenvalue weighted by Crippen LogP contribution is -2.03. The molecule has 0 saturated carbocycles. The smallest absolute Gasteiger partial charge is 0.160 e. The van der Waals surface area contributed by atoms with Crippen molar-refractivity contribution in [3.05, 3.63) is 199 Å². The normalized spacial score (nSPS) is 13.0. The van der Waals surface area contributed by atoms with E-state index in [1.807, 2.05) is 6.07 Å². The van der Waals surface area contributed by atoms with Crippen molar-refractivity contribution in [1.29, 1.82) is 0 Å². The summed E-state index contributed by atoms with van der Waals surface area (Å²) >= 11 is 0. The molecular formula is C58H48N4. The number of allylic oxidation sites excluding steroid dienone is 4. The molecule has 0 bridgehead atoms. The van der Waals surface area contributed by atoms with Gasteiger partial charge in [0.25, 0.3) is 0 Å². The van der Waals surface area contributed by atoms with Gasteiger partial charge in [-0.15, -0.1) is 0 Å². The van der Waals surface area contributed by atoms with E-state index in [-0.39, 0.29) is 0 Å². The quantitative estimate of drug-likeness (QED) is 0.122. The summed E-state index contributed by atoms with van der Waals surface area (Å²) in [4.78, 5) is 10.3. The molecule has 0 fully saturated rings. The Balaban J connectivity index is 0.954.